The molecule has 0 aromatic heterocycles. The highest BCUT2D eigenvalue weighted by Gasteiger charge is 2.42. The van der Waals surface area contributed by atoms with Crippen LogP contribution in [-0.4, -0.2) is 48.8 Å². The third kappa shape index (κ3) is 7.53. The maximum absolute atomic E-state index is 11.6. The number of carbonyl (C=O) groups is 4. The predicted molar refractivity (Wildman–Crippen MR) is 85.3 cm³/mol. The Balaban J connectivity index is 3.14. The Kier molecular flexibility index (Phi) is 8.37. The maximum atomic E-state index is 11.6. The summed E-state index contributed by atoms with van der Waals surface area (Å²) in [5, 5.41) is 0. The van der Waals surface area contributed by atoms with E-state index in [4.69, 9.17) is 18.9 Å². The summed E-state index contributed by atoms with van der Waals surface area (Å²) in [5.74, 6) is -2.47. The normalized spacial score (nSPS) is 26.6. The summed E-state index contributed by atoms with van der Waals surface area (Å²) in [7, 11) is 0. The molecule has 1 rings (SSSR count). The molecule has 0 radical (unpaired) electrons. The smallest absolute Gasteiger partial charge is 0.303 e. The number of hydrogen-bond donors (Lipinski definition) is 0. The second-order valence-electron chi connectivity index (χ2n) is 6.14. The Bertz CT molecular complexity index is 501. The lowest BCUT2D eigenvalue weighted by molar-refractivity contribution is -0.192. The SMILES string of the molecule is CC(=O)OC[C@@H]1CCCC[C@H](OC(C)=O)[C@H](OC(C)=O)[C@@H]1OC(C)=O. The second kappa shape index (κ2) is 10.0. The third-order valence-electron chi connectivity index (χ3n) is 3.89. The highest BCUT2D eigenvalue weighted by atomic mass is 16.6. The van der Waals surface area contributed by atoms with Gasteiger partial charge in [0, 0.05) is 33.6 Å². The Morgan fingerprint density at radius 3 is 1.76 bits per heavy atom. The van der Waals surface area contributed by atoms with Gasteiger partial charge in [-0.05, 0) is 19.3 Å². The van der Waals surface area contributed by atoms with Gasteiger partial charge in [0.05, 0.1) is 6.61 Å². The first kappa shape index (κ1) is 20.9. The molecule has 0 heterocycles. The zero-order valence-corrected chi connectivity index (χ0v) is 15.1. The molecular weight excluding hydrogens is 332 g/mol. The monoisotopic (exact) mass is 358 g/mol. The fraction of sp³-hybridized carbons (Fsp3) is 0.765. The van der Waals surface area contributed by atoms with Gasteiger partial charge in [-0.15, -0.1) is 0 Å². The van der Waals surface area contributed by atoms with Crippen LogP contribution in [0.5, 0.6) is 0 Å². The predicted octanol–water partition coefficient (Wildman–Crippen LogP) is 1.53. The lowest BCUT2D eigenvalue weighted by Gasteiger charge is -2.37. The van der Waals surface area contributed by atoms with E-state index in [-0.39, 0.29) is 12.5 Å². The fourth-order valence-corrected chi connectivity index (χ4v) is 2.99. The molecule has 4 atom stereocenters. The van der Waals surface area contributed by atoms with Gasteiger partial charge >= 0.3 is 23.9 Å². The molecule has 0 saturated heterocycles. The Hall–Kier alpha value is -2.12. The van der Waals surface area contributed by atoms with Crippen molar-refractivity contribution in [2.24, 2.45) is 5.92 Å². The molecule has 0 unspecified atom stereocenters. The van der Waals surface area contributed by atoms with E-state index in [0.29, 0.717) is 12.8 Å². The van der Waals surface area contributed by atoms with Gasteiger partial charge in [0.1, 0.15) is 12.2 Å². The molecule has 0 amide bonds. The van der Waals surface area contributed by atoms with Crippen LogP contribution >= 0.6 is 0 Å². The summed E-state index contributed by atoms with van der Waals surface area (Å²) >= 11 is 0. The molecule has 8 nitrogen and oxygen atoms in total. The van der Waals surface area contributed by atoms with Gasteiger partial charge < -0.3 is 18.9 Å². The number of hydrogen-bond acceptors (Lipinski definition) is 8. The van der Waals surface area contributed by atoms with Gasteiger partial charge in [-0.3, -0.25) is 19.2 Å². The van der Waals surface area contributed by atoms with E-state index >= 15 is 0 Å². The Labute approximate surface area is 147 Å². The average Bonchev–Trinajstić information content (AvgIpc) is 2.46. The Morgan fingerprint density at radius 1 is 0.720 bits per heavy atom. The van der Waals surface area contributed by atoms with Crippen molar-refractivity contribution in [2.45, 2.75) is 71.7 Å². The molecule has 1 aliphatic carbocycles. The van der Waals surface area contributed by atoms with Crippen LogP contribution < -0.4 is 0 Å². The van der Waals surface area contributed by atoms with E-state index in [1.165, 1.54) is 27.7 Å². The molecule has 0 bridgehead atoms. The van der Waals surface area contributed by atoms with Gasteiger partial charge in [0.15, 0.2) is 6.10 Å². The topological polar surface area (TPSA) is 105 Å². The minimum absolute atomic E-state index is 0.0256. The van der Waals surface area contributed by atoms with Crippen LogP contribution in [0.3, 0.4) is 0 Å². The molecule has 0 aliphatic heterocycles. The van der Waals surface area contributed by atoms with Crippen LogP contribution in [0.1, 0.15) is 53.4 Å². The highest BCUT2D eigenvalue weighted by Crippen LogP contribution is 2.30. The molecule has 0 aromatic rings. The first-order valence-electron chi connectivity index (χ1n) is 8.35. The van der Waals surface area contributed by atoms with Crippen molar-refractivity contribution in [3.05, 3.63) is 0 Å². The van der Waals surface area contributed by atoms with Crippen LogP contribution in [-0.2, 0) is 38.1 Å². The van der Waals surface area contributed by atoms with Crippen LogP contribution in [0.25, 0.3) is 0 Å². The van der Waals surface area contributed by atoms with Gasteiger partial charge in [0.2, 0.25) is 0 Å². The lowest BCUT2D eigenvalue weighted by atomic mass is 9.85. The minimum Gasteiger partial charge on any atom is -0.465 e. The molecule has 25 heavy (non-hydrogen) atoms. The van der Waals surface area contributed by atoms with Crippen molar-refractivity contribution in [1.29, 1.82) is 0 Å². The first-order valence-corrected chi connectivity index (χ1v) is 8.35. The zero-order valence-electron chi connectivity index (χ0n) is 15.1. The van der Waals surface area contributed by atoms with Crippen molar-refractivity contribution in [2.75, 3.05) is 6.61 Å². The molecule has 0 aromatic carbocycles. The standard InChI is InChI=1S/C17H26O8/c1-10(18)22-9-14-7-5-6-8-15(23-11(2)19)17(25-13(4)21)16(14)24-12(3)20/h14-17H,5-9H2,1-4H3/t14-,15-,16+,17-/m0/s1. The minimum atomic E-state index is -0.953. The summed E-state index contributed by atoms with van der Waals surface area (Å²) in [4.78, 5) is 45.7. The van der Waals surface area contributed by atoms with Gasteiger partial charge in [-0.25, -0.2) is 0 Å². The van der Waals surface area contributed by atoms with E-state index in [9.17, 15) is 19.2 Å². The molecular formula is C17H26O8. The highest BCUT2D eigenvalue weighted by molar-refractivity contribution is 5.68. The number of ether oxygens (including phenoxy) is 4. The summed E-state index contributed by atoms with van der Waals surface area (Å²) in [5.41, 5.74) is 0. The van der Waals surface area contributed by atoms with E-state index < -0.39 is 42.2 Å². The van der Waals surface area contributed by atoms with Crippen LogP contribution in [0.4, 0.5) is 0 Å². The Morgan fingerprint density at radius 2 is 1.24 bits per heavy atom. The summed E-state index contributed by atoms with van der Waals surface area (Å²) in [6, 6.07) is 0. The third-order valence-corrected chi connectivity index (χ3v) is 3.89. The van der Waals surface area contributed by atoms with Crippen LogP contribution in [0, 0.1) is 5.92 Å². The van der Waals surface area contributed by atoms with Crippen molar-refractivity contribution in [3.63, 3.8) is 0 Å². The van der Waals surface area contributed by atoms with Crippen LogP contribution in [0.15, 0.2) is 0 Å². The van der Waals surface area contributed by atoms with E-state index in [1.807, 2.05) is 0 Å². The quantitative estimate of drug-likeness (QED) is 0.538. The summed E-state index contributed by atoms with van der Waals surface area (Å²) < 4.78 is 21.1. The molecule has 1 saturated carbocycles. The average molecular weight is 358 g/mol. The molecule has 8 heteroatoms. The van der Waals surface area contributed by atoms with Crippen LogP contribution in [0.2, 0.25) is 0 Å². The number of esters is 4. The molecule has 142 valence electrons. The van der Waals surface area contributed by atoms with Crippen molar-refractivity contribution >= 4 is 23.9 Å². The largest absolute Gasteiger partial charge is 0.465 e. The van der Waals surface area contributed by atoms with Gasteiger partial charge in [0.25, 0.3) is 0 Å². The zero-order chi connectivity index (χ0) is 19.0. The fourth-order valence-electron chi connectivity index (χ4n) is 2.99. The van der Waals surface area contributed by atoms with E-state index in [2.05, 4.69) is 0 Å². The molecule has 1 aliphatic rings. The number of carbonyl (C=O) groups excluding carboxylic acids is 4. The maximum Gasteiger partial charge on any atom is 0.303 e. The van der Waals surface area contributed by atoms with E-state index in [1.54, 1.807) is 0 Å². The molecule has 0 spiro atoms. The first-order chi connectivity index (χ1) is 11.7. The summed E-state index contributed by atoms with van der Waals surface area (Å²) in [6.45, 7) is 5.05. The van der Waals surface area contributed by atoms with E-state index in [0.717, 1.165) is 12.8 Å². The van der Waals surface area contributed by atoms with Gasteiger partial charge in [-0.1, -0.05) is 6.42 Å². The number of rotatable bonds is 5. The van der Waals surface area contributed by atoms with Crippen molar-refractivity contribution in [1.82, 2.24) is 0 Å². The summed E-state index contributed by atoms with van der Waals surface area (Å²) in [6.07, 6.45) is 0.0565. The van der Waals surface area contributed by atoms with Crippen molar-refractivity contribution < 1.29 is 38.1 Å². The van der Waals surface area contributed by atoms with Gasteiger partial charge in [-0.2, -0.15) is 0 Å². The molecule has 0 N–H and O–H groups in total. The van der Waals surface area contributed by atoms with Crippen molar-refractivity contribution in [3.8, 4) is 0 Å². The molecule has 1 fully saturated rings. The second-order valence-corrected chi connectivity index (χ2v) is 6.14. The lowest BCUT2D eigenvalue weighted by Crippen LogP contribution is -2.50.